The Labute approximate surface area is 127 Å². The molecular weight excluding hydrogens is 258 g/mol. The first kappa shape index (κ1) is 14.1. The molecule has 3 heteroatoms. The molecule has 2 unspecified atom stereocenters. The molecule has 0 radical (unpaired) electrons. The van der Waals surface area contributed by atoms with Crippen molar-refractivity contribution < 1.29 is 0 Å². The molecule has 1 aromatic carbocycles. The zero-order chi connectivity index (χ0) is 14.7. The number of nitrogens with one attached hydrogen (secondary N) is 1. The van der Waals surface area contributed by atoms with E-state index in [1.807, 2.05) is 18.5 Å². The third-order valence-corrected chi connectivity index (χ3v) is 4.51. The maximum absolute atomic E-state index is 4.29. The number of pyridine rings is 1. The fourth-order valence-electron chi connectivity index (χ4n) is 3.17. The standard InChI is InChI=1S/C18H23N3/c1-3-16-13-20-18(2,15-8-5-4-6-9-15)14-21(16)17-10-7-11-19-12-17/h4-12,16,20H,3,13-14H2,1-2H3. The molecule has 0 amide bonds. The molecule has 3 nitrogen and oxygen atoms in total. The summed E-state index contributed by atoms with van der Waals surface area (Å²) in [6.45, 7) is 6.50. The van der Waals surface area contributed by atoms with E-state index in [0.717, 1.165) is 19.5 Å². The predicted octanol–water partition coefficient (Wildman–Crippen LogP) is 3.19. The van der Waals surface area contributed by atoms with Gasteiger partial charge in [0, 0.05) is 25.3 Å². The van der Waals surface area contributed by atoms with Crippen molar-refractivity contribution >= 4 is 5.69 Å². The minimum absolute atomic E-state index is 0.0250. The van der Waals surface area contributed by atoms with Crippen LogP contribution in [0.4, 0.5) is 5.69 Å². The van der Waals surface area contributed by atoms with Crippen LogP contribution in [0.15, 0.2) is 54.9 Å². The van der Waals surface area contributed by atoms with Crippen molar-refractivity contribution in [2.45, 2.75) is 31.8 Å². The highest BCUT2D eigenvalue weighted by atomic mass is 15.3. The Morgan fingerprint density at radius 2 is 2.05 bits per heavy atom. The van der Waals surface area contributed by atoms with E-state index in [1.165, 1.54) is 11.3 Å². The van der Waals surface area contributed by atoms with Crippen molar-refractivity contribution in [1.82, 2.24) is 10.3 Å². The molecule has 1 aliphatic heterocycles. The highest BCUT2D eigenvalue weighted by Crippen LogP contribution is 2.30. The van der Waals surface area contributed by atoms with E-state index in [4.69, 9.17) is 0 Å². The van der Waals surface area contributed by atoms with Gasteiger partial charge in [-0.1, -0.05) is 37.3 Å². The van der Waals surface area contributed by atoms with Crippen LogP contribution in [-0.2, 0) is 5.54 Å². The van der Waals surface area contributed by atoms with E-state index in [9.17, 15) is 0 Å². The molecular formula is C18H23N3. The summed E-state index contributed by atoms with van der Waals surface area (Å²) in [5.41, 5.74) is 2.53. The largest absolute Gasteiger partial charge is 0.364 e. The SMILES string of the molecule is CCC1CNC(C)(c2ccccc2)CN1c1cccnc1. The lowest BCUT2D eigenvalue weighted by molar-refractivity contribution is 0.288. The molecule has 1 N–H and O–H groups in total. The second-order valence-corrected chi connectivity index (χ2v) is 5.98. The van der Waals surface area contributed by atoms with Crippen molar-refractivity contribution in [2.24, 2.45) is 0 Å². The first-order chi connectivity index (χ1) is 10.2. The molecule has 0 spiro atoms. The van der Waals surface area contributed by atoms with Crippen molar-refractivity contribution in [3.63, 3.8) is 0 Å². The Morgan fingerprint density at radius 1 is 1.24 bits per heavy atom. The van der Waals surface area contributed by atoms with Gasteiger partial charge in [-0.2, -0.15) is 0 Å². The van der Waals surface area contributed by atoms with Crippen molar-refractivity contribution in [2.75, 3.05) is 18.0 Å². The van der Waals surface area contributed by atoms with Gasteiger partial charge in [-0.05, 0) is 31.0 Å². The Hall–Kier alpha value is -1.87. The summed E-state index contributed by atoms with van der Waals surface area (Å²) in [5, 5.41) is 3.75. The summed E-state index contributed by atoms with van der Waals surface area (Å²) in [6, 6.07) is 15.4. The van der Waals surface area contributed by atoms with E-state index in [0.29, 0.717) is 6.04 Å². The fourth-order valence-corrected chi connectivity index (χ4v) is 3.17. The lowest BCUT2D eigenvalue weighted by Gasteiger charge is -2.47. The molecule has 2 heterocycles. The van der Waals surface area contributed by atoms with Crippen LogP contribution in [-0.4, -0.2) is 24.1 Å². The number of piperazine rings is 1. The number of rotatable bonds is 3. The molecule has 21 heavy (non-hydrogen) atoms. The number of anilines is 1. The topological polar surface area (TPSA) is 28.2 Å². The van der Waals surface area contributed by atoms with Gasteiger partial charge in [-0.15, -0.1) is 0 Å². The van der Waals surface area contributed by atoms with Crippen molar-refractivity contribution in [3.05, 3.63) is 60.4 Å². The minimum Gasteiger partial charge on any atom is -0.364 e. The Morgan fingerprint density at radius 3 is 2.71 bits per heavy atom. The van der Waals surface area contributed by atoms with Crippen LogP contribution in [0.2, 0.25) is 0 Å². The molecule has 0 bridgehead atoms. The average Bonchev–Trinajstić information content (AvgIpc) is 2.56. The van der Waals surface area contributed by atoms with E-state index < -0.39 is 0 Å². The van der Waals surface area contributed by atoms with E-state index >= 15 is 0 Å². The lowest BCUT2D eigenvalue weighted by Crippen LogP contribution is -2.61. The predicted molar refractivity (Wildman–Crippen MR) is 87.5 cm³/mol. The highest BCUT2D eigenvalue weighted by Gasteiger charge is 2.36. The summed E-state index contributed by atoms with van der Waals surface area (Å²) in [5.74, 6) is 0. The molecule has 1 aromatic heterocycles. The van der Waals surface area contributed by atoms with Gasteiger partial charge in [-0.25, -0.2) is 0 Å². The van der Waals surface area contributed by atoms with Gasteiger partial charge in [0.15, 0.2) is 0 Å². The summed E-state index contributed by atoms with van der Waals surface area (Å²) in [6.07, 6.45) is 4.94. The molecule has 3 rings (SSSR count). The Balaban J connectivity index is 1.91. The molecule has 1 fully saturated rings. The van der Waals surface area contributed by atoms with Gasteiger partial charge in [0.1, 0.15) is 0 Å². The minimum atomic E-state index is -0.0250. The summed E-state index contributed by atoms with van der Waals surface area (Å²) in [7, 11) is 0. The molecule has 1 saturated heterocycles. The molecule has 0 aliphatic carbocycles. The van der Waals surface area contributed by atoms with Crippen LogP contribution in [0.5, 0.6) is 0 Å². The van der Waals surface area contributed by atoms with Gasteiger partial charge in [0.2, 0.25) is 0 Å². The van der Waals surface area contributed by atoms with Crippen LogP contribution in [0.3, 0.4) is 0 Å². The maximum atomic E-state index is 4.29. The molecule has 2 aromatic rings. The zero-order valence-corrected chi connectivity index (χ0v) is 12.8. The van der Waals surface area contributed by atoms with Gasteiger partial charge in [0.05, 0.1) is 17.4 Å². The fraction of sp³-hybridized carbons (Fsp3) is 0.389. The molecule has 110 valence electrons. The van der Waals surface area contributed by atoms with Gasteiger partial charge in [0.25, 0.3) is 0 Å². The van der Waals surface area contributed by atoms with Crippen LogP contribution in [0.25, 0.3) is 0 Å². The van der Waals surface area contributed by atoms with Crippen LogP contribution >= 0.6 is 0 Å². The van der Waals surface area contributed by atoms with Gasteiger partial charge < -0.3 is 10.2 Å². The van der Waals surface area contributed by atoms with Crippen molar-refractivity contribution in [1.29, 1.82) is 0 Å². The van der Waals surface area contributed by atoms with Gasteiger partial charge in [-0.3, -0.25) is 4.98 Å². The lowest BCUT2D eigenvalue weighted by atomic mass is 9.87. The molecule has 0 saturated carbocycles. The number of aromatic nitrogens is 1. The third kappa shape index (κ3) is 2.79. The van der Waals surface area contributed by atoms with E-state index in [2.05, 4.69) is 65.4 Å². The second-order valence-electron chi connectivity index (χ2n) is 5.98. The summed E-state index contributed by atoms with van der Waals surface area (Å²) >= 11 is 0. The Kier molecular flexibility index (Phi) is 3.93. The van der Waals surface area contributed by atoms with E-state index in [-0.39, 0.29) is 5.54 Å². The van der Waals surface area contributed by atoms with E-state index in [1.54, 1.807) is 0 Å². The van der Waals surface area contributed by atoms with Gasteiger partial charge >= 0.3 is 0 Å². The third-order valence-electron chi connectivity index (χ3n) is 4.51. The summed E-state index contributed by atoms with van der Waals surface area (Å²) in [4.78, 5) is 6.78. The van der Waals surface area contributed by atoms with Crippen LogP contribution in [0, 0.1) is 0 Å². The molecule has 2 atom stereocenters. The second kappa shape index (κ2) is 5.86. The average molecular weight is 281 g/mol. The maximum Gasteiger partial charge on any atom is 0.0584 e. The monoisotopic (exact) mass is 281 g/mol. The smallest absolute Gasteiger partial charge is 0.0584 e. The van der Waals surface area contributed by atoms with Crippen LogP contribution < -0.4 is 10.2 Å². The first-order valence-corrected chi connectivity index (χ1v) is 7.70. The number of hydrogen-bond donors (Lipinski definition) is 1. The van der Waals surface area contributed by atoms with Crippen LogP contribution in [0.1, 0.15) is 25.8 Å². The Bertz CT molecular complexity index is 570. The normalized spacial score (nSPS) is 25.8. The number of benzene rings is 1. The summed E-state index contributed by atoms with van der Waals surface area (Å²) < 4.78 is 0. The molecule has 1 aliphatic rings. The first-order valence-electron chi connectivity index (χ1n) is 7.70. The number of hydrogen-bond acceptors (Lipinski definition) is 3. The number of nitrogens with zero attached hydrogens (tertiary/aromatic N) is 2. The quantitative estimate of drug-likeness (QED) is 0.936. The highest BCUT2D eigenvalue weighted by molar-refractivity contribution is 5.47. The zero-order valence-electron chi connectivity index (χ0n) is 12.8. The van der Waals surface area contributed by atoms with Crippen molar-refractivity contribution in [3.8, 4) is 0 Å².